The Kier molecular flexibility index (Phi) is 8.13. The highest BCUT2D eigenvalue weighted by Crippen LogP contribution is 2.49. The molecule has 4 aliphatic rings. The van der Waals surface area contributed by atoms with Crippen LogP contribution >= 0.6 is 0 Å². The smallest absolute Gasteiger partial charge is 0.260 e. The number of rotatable bonds is 4. The van der Waals surface area contributed by atoms with Gasteiger partial charge in [0, 0.05) is 33.1 Å². The summed E-state index contributed by atoms with van der Waals surface area (Å²) in [5.41, 5.74) is -2.31. The monoisotopic (exact) mass is 632 g/mol. The third-order valence-corrected chi connectivity index (χ3v) is 9.20. The van der Waals surface area contributed by atoms with Crippen molar-refractivity contribution in [2.24, 2.45) is 10.8 Å². The lowest BCUT2D eigenvalue weighted by molar-refractivity contribution is -0.157. The fourth-order valence-corrected chi connectivity index (χ4v) is 6.45. The van der Waals surface area contributed by atoms with Crippen LogP contribution in [0.5, 0.6) is 0 Å². The van der Waals surface area contributed by atoms with Crippen molar-refractivity contribution < 1.29 is 35.9 Å². The Labute approximate surface area is 256 Å². The van der Waals surface area contributed by atoms with Gasteiger partial charge < -0.3 is 0 Å². The van der Waals surface area contributed by atoms with E-state index in [4.69, 9.17) is 13.1 Å². The predicted molar refractivity (Wildman–Crippen MR) is 150 cm³/mol. The van der Waals surface area contributed by atoms with Gasteiger partial charge in [0.05, 0.1) is 25.2 Å². The van der Waals surface area contributed by atoms with Gasteiger partial charge in [-0.15, -0.1) is 0 Å². The van der Waals surface area contributed by atoms with Crippen LogP contribution in [0.4, 0.5) is 37.7 Å². The van der Waals surface area contributed by atoms with Crippen LogP contribution in [0, 0.1) is 35.6 Å². The molecule has 0 N–H and O–H groups in total. The Morgan fingerprint density at radius 3 is 1.67 bits per heavy atom. The summed E-state index contributed by atoms with van der Waals surface area (Å²) in [6.45, 7) is 18.1. The fourth-order valence-electron chi connectivity index (χ4n) is 6.45. The first-order valence-electron chi connectivity index (χ1n) is 14.2. The third kappa shape index (κ3) is 5.40. The first kappa shape index (κ1) is 32.3. The van der Waals surface area contributed by atoms with E-state index in [1.165, 1.54) is 48.1 Å². The molecule has 2 amide bonds. The molecule has 4 unspecified atom stereocenters. The summed E-state index contributed by atoms with van der Waals surface area (Å²) in [5, 5.41) is 5.84. The molecule has 0 spiro atoms. The van der Waals surface area contributed by atoms with E-state index in [-0.39, 0.29) is 24.5 Å². The molecular weight excluding hydrogens is 602 g/mol. The number of hydrogen-bond donors (Lipinski definition) is 0. The van der Waals surface area contributed by atoms with E-state index in [9.17, 15) is 35.9 Å². The van der Waals surface area contributed by atoms with Gasteiger partial charge in [0.25, 0.3) is 24.2 Å². The van der Waals surface area contributed by atoms with Crippen LogP contribution in [-0.2, 0) is 9.59 Å². The second-order valence-corrected chi connectivity index (χ2v) is 12.3. The summed E-state index contributed by atoms with van der Waals surface area (Å²) < 4.78 is 81.5. The number of carbonyl (C=O) groups excluding carboxylic acids is 2. The number of hydrogen-bond acceptors (Lipinski definition) is 4. The lowest BCUT2D eigenvalue weighted by Crippen LogP contribution is -2.45. The van der Waals surface area contributed by atoms with Crippen LogP contribution in [0.15, 0.2) is 36.4 Å². The maximum Gasteiger partial charge on any atom is 0.260 e. The first-order valence-corrected chi connectivity index (χ1v) is 14.2. The molecule has 4 atom stereocenters. The van der Waals surface area contributed by atoms with Gasteiger partial charge in [-0.05, 0) is 62.1 Å². The molecule has 0 aliphatic carbocycles. The van der Waals surface area contributed by atoms with Gasteiger partial charge in [-0.25, -0.2) is 46.1 Å². The zero-order valence-corrected chi connectivity index (χ0v) is 24.7. The molecular formula is C31H30F6N6O2. The molecule has 4 fully saturated rings. The van der Waals surface area contributed by atoms with Gasteiger partial charge >= 0.3 is 0 Å². The van der Waals surface area contributed by atoms with Crippen LogP contribution in [0.25, 0.3) is 9.69 Å². The molecule has 4 heterocycles. The van der Waals surface area contributed by atoms with Gasteiger partial charge in [0.1, 0.15) is 22.5 Å². The van der Waals surface area contributed by atoms with E-state index in [2.05, 4.69) is 9.69 Å². The maximum atomic E-state index is 13.9. The number of amides is 2. The Morgan fingerprint density at radius 1 is 0.800 bits per heavy atom. The molecule has 45 heavy (non-hydrogen) atoms. The first-order chi connectivity index (χ1) is 21.0. The van der Waals surface area contributed by atoms with Crippen molar-refractivity contribution in [2.45, 2.75) is 58.0 Å². The average molecular weight is 633 g/mol. The predicted octanol–water partition coefficient (Wildman–Crippen LogP) is 6.69. The van der Waals surface area contributed by atoms with Crippen molar-refractivity contribution in [3.05, 3.63) is 82.0 Å². The number of hydrazine groups is 2. The molecule has 2 aromatic carbocycles. The molecule has 2 aromatic rings. The Hall–Kier alpha value is -4.14. The van der Waals surface area contributed by atoms with Crippen molar-refractivity contribution in [1.29, 1.82) is 0 Å². The second kappa shape index (κ2) is 11.3. The van der Waals surface area contributed by atoms with E-state index in [1.807, 2.05) is 0 Å². The summed E-state index contributed by atoms with van der Waals surface area (Å²) in [4.78, 5) is 31.5. The van der Waals surface area contributed by atoms with Crippen molar-refractivity contribution in [2.75, 3.05) is 26.2 Å². The average Bonchev–Trinajstić information content (AvgIpc) is 3.70. The number of halogens is 6. The Morgan fingerprint density at radius 2 is 1.24 bits per heavy atom. The highest BCUT2D eigenvalue weighted by Gasteiger charge is 2.62. The number of alkyl halides is 4. The highest BCUT2D eigenvalue weighted by molar-refractivity contribution is 5.86. The molecule has 8 nitrogen and oxygen atoms in total. The fraction of sp³-hybridized carbons (Fsp3) is 0.484. The molecule has 0 radical (unpaired) electrons. The zero-order chi connectivity index (χ0) is 33.1. The van der Waals surface area contributed by atoms with Crippen molar-refractivity contribution in [3.8, 4) is 0 Å². The minimum atomic E-state index is -3.15. The number of fused-ring (bicyclic) bond motifs is 2. The van der Waals surface area contributed by atoms with Gasteiger partial charge in [-0.2, -0.15) is 0 Å². The summed E-state index contributed by atoms with van der Waals surface area (Å²) in [5.74, 6) is -5.57. The van der Waals surface area contributed by atoms with E-state index in [0.29, 0.717) is 37.1 Å². The quantitative estimate of drug-likeness (QED) is 0.279. The van der Waals surface area contributed by atoms with Crippen molar-refractivity contribution in [1.82, 2.24) is 20.0 Å². The summed E-state index contributed by atoms with van der Waals surface area (Å²) in [6, 6.07) is 6.75. The van der Waals surface area contributed by atoms with Crippen LogP contribution in [-0.4, -0.2) is 70.4 Å². The molecule has 6 rings (SSSR count). The van der Waals surface area contributed by atoms with Crippen LogP contribution in [0.2, 0.25) is 0 Å². The molecule has 0 aromatic heterocycles. The second-order valence-electron chi connectivity index (χ2n) is 12.3. The molecule has 0 bridgehead atoms. The standard InChI is InChI=1S/C16H16F3N3O.C15H14F3N3O/c1-15(16(2,18)19)9-21-5-4-13(22(21)14(15)23)10-6-11(17)8-12(7-10)20-3;1-15(13(17)18)8-20-4-3-12(21(20)14(15)22)9-5-10(16)7-11(6-9)19-2/h6-8,13H,4-5,9H2,1-2H3;5-7,12-13H,3-4,8H2,1H3. The normalized spacial score (nSPS) is 28.2. The molecule has 0 saturated carbocycles. The molecule has 238 valence electrons. The highest BCUT2D eigenvalue weighted by atomic mass is 19.3. The Balaban J connectivity index is 0.000000178. The summed E-state index contributed by atoms with van der Waals surface area (Å²) >= 11 is 0. The largest absolute Gasteiger partial charge is 0.272 e. The topological polar surface area (TPSA) is 55.8 Å². The third-order valence-electron chi connectivity index (χ3n) is 9.20. The van der Waals surface area contributed by atoms with E-state index in [1.54, 1.807) is 10.0 Å². The minimum Gasteiger partial charge on any atom is -0.272 e. The molecule has 4 saturated heterocycles. The van der Waals surface area contributed by atoms with Crippen LogP contribution < -0.4 is 0 Å². The molecule has 4 aliphatic heterocycles. The summed E-state index contributed by atoms with van der Waals surface area (Å²) in [6.07, 6.45) is -1.69. The van der Waals surface area contributed by atoms with Gasteiger partial charge in [0.2, 0.25) is 0 Å². The number of benzene rings is 2. The van der Waals surface area contributed by atoms with Gasteiger partial charge in [-0.3, -0.25) is 19.6 Å². The van der Waals surface area contributed by atoms with Crippen LogP contribution in [0.1, 0.15) is 56.8 Å². The lowest BCUT2D eigenvalue weighted by Gasteiger charge is -2.30. The SMILES string of the molecule is [C-]#[N+]c1cc(F)cc(C2CCN3CC(C)(C(C)(F)F)C(=O)N23)c1.[C-]#[N+]c1cc(F)cc(C2CCN3CC(C)(C(F)F)C(=O)N23)c1. The summed E-state index contributed by atoms with van der Waals surface area (Å²) in [7, 11) is 0. The van der Waals surface area contributed by atoms with Crippen molar-refractivity contribution >= 4 is 23.2 Å². The Bertz CT molecular complexity index is 1620. The molecule has 14 heteroatoms. The van der Waals surface area contributed by atoms with E-state index >= 15 is 0 Å². The minimum absolute atomic E-state index is 0.0367. The number of carbonyl (C=O) groups is 2. The van der Waals surface area contributed by atoms with E-state index < -0.39 is 58.7 Å². The maximum absolute atomic E-state index is 13.9. The lowest BCUT2D eigenvalue weighted by atomic mass is 9.83. The number of nitrogens with zero attached hydrogens (tertiary/aromatic N) is 6. The zero-order valence-electron chi connectivity index (χ0n) is 24.7. The van der Waals surface area contributed by atoms with E-state index in [0.717, 1.165) is 19.1 Å². The van der Waals surface area contributed by atoms with Crippen LogP contribution in [0.3, 0.4) is 0 Å². The van der Waals surface area contributed by atoms with Gasteiger partial charge in [0.15, 0.2) is 11.4 Å². The van der Waals surface area contributed by atoms with Gasteiger partial charge in [-0.1, -0.05) is 12.1 Å². The van der Waals surface area contributed by atoms with Crippen molar-refractivity contribution in [3.63, 3.8) is 0 Å².